The molecule has 4 aliphatic heterocycles. The number of hydrogen-bond acceptors (Lipinski definition) is 32. The van der Waals surface area contributed by atoms with Gasteiger partial charge in [-0.2, -0.15) is 0 Å². The Morgan fingerprint density at radius 3 is 1.84 bits per heavy atom. The number of likely N-dealkylation sites (tertiary alicyclic amines) is 1. The topological polar surface area (TPSA) is 719 Å². The van der Waals surface area contributed by atoms with Crippen LogP contribution in [-0.4, -0.2) is 363 Å². The number of nitrogens with two attached hydrogens (primary N) is 1. The van der Waals surface area contributed by atoms with Crippen LogP contribution in [0.25, 0.3) is 0 Å². The molecule has 108 heavy (non-hydrogen) atoms. The van der Waals surface area contributed by atoms with Gasteiger partial charge in [-0.3, -0.25) is 57.5 Å². The number of nitrogens with zero attached hydrogens (tertiary/aromatic N) is 2. The maximum atomic E-state index is 14.3. The Kier molecular flexibility index (Phi) is 34.1. The molecule has 4 saturated heterocycles. The quantitative estimate of drug-likeness (QED) is 0.0292. The molecule has 26 N–H and O–H groups in total. The molecule has 11 amide bonds. The SMILES string of the molecule is CNC(=O)[C@@H](NC(=O)[C@H](CC(=O)O)NC(=O)[C@@H]1CCCN1C(=O)[C@H](C)NC(=O)[C@H](CO)NC(=O)[C@@H](NC(=O)[C@@H](NC(=O)CNC(=O)[C@@H](N)Cc1cnc[nH]1)C(C)C)C(C)O)C(C)O[C@H]1OC(CO)[C@H](O)[C@H](O[C@@H]2OC(CO)[C@H](O)C(O[C@]3(C(=O)O)C[C@@H](O)[C@@H](NC(C)=O)C([C@H](O)[C@H](O)CO)O3)[C@@H]2O)C1NC(C)=O. The molecule has 4 aliphatic rings. The smallest absolute Gasteiger partial charge is 0.364 e. The van der Waals surface area contributed by atoms with Crippen LogP contribution < -0.4 is 58.9 Å². The third kappa shape index (κ3) is 23.6. The third-order valence-corrected chi connectivity index (χ3v) is 18.0. The molecule has 26 atom stereocenters. The predicted octanol–water partition coefficient (Wildman–Crippen LogP) is -14.1. The molecule has 1 aromatic rings. The van der Waals surface area contributed by atoms with Crippen LogP contribution in [0.5, 0.6) is 0 Å². The molecule has 1 aromatic heterocycles. The van der Waals surface area contributed by atoms with E-state index in [1.807, 2.05) is 0 Å². The second kappa shape index (κ2) is 40.9. The van der Waals surface area contributed by atoms with E-state index < -0.39 is 287 Å². The van der Waals surface area contributed by atoms with Crippen LogP contribution in [0.15, 0.2) is 12.5 Å². The number of carboxylic acids is 2. The number of hydrogen-bond donors (Lipinski definition) is 25. The molecule has 0 saturated carbocycles. The third-order valence-electron chi connectivity index (χ3n) is 18.0. The second-order valence-corrected chi connectivity index (χ2v) is 26.6. The molecular weight excluding hydrogens is 1450 g/mol. The van der Waals surface area contributed by atoms with Crippen molar-refractivity contribution in [2.75, 3.05) is 46.6 Å². The number of imidazole rings is 1. The van der Waals surface area contributed by atoms with Gasteiger partial charge in [-0.25, -0.2) is 9.78 Å². The first-order valence-corrected chi connectivity index (χ1v) is 34.2. The van der Waals surface area contributed by atoms with Crippen molar-refractivity contribution in [3.8, 4) is 0 Å². The number of rotatable bonds is 38. The average Bonchev–Trinajstić information content (AvgIpc) is 0.952. The minimum absolute atomic E-state index is 0.0650. The number of aliphatic hydroxyl groups is 11. The molecule has 0 bridgehead atoms. The molecule has 7 unspecified atom stereocenters. The molecular formula is C62H100N14O32. The summed E-state index contributed by atoms with van der Waals surface area (Å²) >= 11 is 0. The zero-order valence-corrected chi connectivity index (χ0v) is 60.0. The zero-order chi connectivity index (χ0) is 81.1. The summed E-state index contributed by atoms with van der Waals surface area (Å²) in [5.41, 5.74) is 6.47. The maximum Gasteiger partial charge on any atom is 0.364 e. The van der Waals surface area contributed by atoms with Gasteiger partial charge in [0.2, 0.25) is 65.0 Å². The molecule has 0 aliphatic carbocycles. The Bertz CT molecular complexity index is 3270. The number of carbonyl (C=O) groups is 13. The highest BCUT2D eigenvalue weighted by atomic mass is 16.8. The van der Waals surface area contributed by atoms with Crippen LogP contribution in [0.1, 0.15) is 79.8 Å². The minimum Gasteiger partial charge on any atom is -0.481 e. The Labute approximate surface area is 615 Å². The van der Waals surface area contributed by atoms with Crippen molar-refractivity contribution < 1.29 is 157 Å². The number of amides is 11. The number of H-pyrrole nitrogens is 1. The predicted molar refractivity (Wildman–Crippen MR) is 355 cm³/mol. The normalized spacial score (nSPS) is 28.7. The van der Waals surface area contributed by atoms with E-state index in [-0.39, 0.29) is 25.8 Å². The second-order valence-electron chi connectivity index (χ2n) is 26.6. The molecule has 5 rings (SSSR count). The number of ether oxygens (including phenoxy) is 6. The van der Waals surface area contributed by atoms with E-state index in [4.69, 9.17) is 34.2 Å². The highest BCUT2D eigenvalue weighted by Gasteiger charge is 2.61. The summed E-state index contributed by atoms with van der Waals surface area (Å²) in [7, 11) is 1.09. The fourth-order valence-corrected chi connectivity index (χ4v) is 12.2. The van der Waals surface area contributed by atoms with Crippen molar-refractivity contribution in [1.82, 2.24) is 68.0 Å². The fourth-order valence-electron chi connectivity index (χ4n) is 12.2. The van der Waals surface area contributed by atoms with Gasteiger partial charge in [0.1, 0.15) is 109 Å². The highest BCUT2D eigenvalue weighted by molar-refractivity contribution is 5.99. The number of aromatic amines is 1. The maximum absolute atomic E-state index is 14.3. The van der Waals surface area contributed by atoms with Gasteiger partial charge >= 0.3 is 11.9 Å². The van der Waals surface area contributed by atoms with Crippen LogP contribution in [0.2, 0.25) is 0 Å². The minimum atomic E-state index is -3.25. The van der Waals surface area contributed by atoms with Crippen molar-refractivity contribution >= 4 is 76.9 Å². The van der Waals surface area contributed by atoms with Crippen LogP contribution >= 0.6 is 0 Å². The lowest BCUT2D eigenvalue weighted by atomic mass is 9.88. The number of aromatic nitrogens is 2. The van der Waals surface area contributed by atoms with Gasteiger partial charge in [-0.15, -0.1) is 0 Å². The summed E-state index contributed by atoms with van der Waals surface area (Å²) in [4.78, 5) is 181. The Morgan fingerprint density at radius 1 is 0.704 bits per heavy atom. The molecule has 0 aromatic carbocycles. The van der Waals surface area contributed by atoms with Crippen molar-refractivity contribution in [2.24, 2.45) is 11.7 Å². The molecule has 5 heterocycles. The summed E-state index contributed by atoms with van der Waals surface area (Å²) in [5, 5.41) is 162. The summed E-state index contributed by atoms with van der Waals surface area (Å²) in [5.74, 6) is -19.0. The lowest BCUT2D eigenvalue weighted by Gasteiger charge is -2.51. The molecule has 0 radical (unpaired) electrons. The molecule has 0 spiro atoms. The molecule has 46 nitrogen and oxygen atoms in total. The first kappa shape index (κ1) is 90.2. The van der Waals surface area contributed by atoms with E-state index in [1.165, 1.54) is 26.4 Å². The average molecular weight is 1550 g/mol. The van der Waals surface area contributed by atoms with Crippen molar-refractivity contribution in [1.29, 1.82) is 0 Å². The monoisotopic (exact) mass is 1550 g/mol. The molecule has 4 fully saturated rings. The van der Waals surface area contributed by atoms with Crippen molar-refractivity contribution in [2.45, 2.75) is 239 Å². The Morgan fingerprint density at radius 2 is 1.30 bits per heavy atom. The van der Waals surface area contributed by atoms with Gasteiger partial charge in [0.05, 0.1) is 76.1 Å². The first-order chi connectivity index (χ1) is 50.7. The van der Waals surface area contributed by atoms with Gasteiger partial charge in [0.15, 0.2) is 12.6 Å². The Balaban J connectivity index is 1.28. The van der Waals surface area contributed by atoms with Gasteiger partial charge in [-0.05, 0) is 39.5 Å². The summed E-state index contributed by atoms with van der Waals surface area (Å²) < 4.78 is 35.0. The highest BCUT2D eigenvalue weighted by Crippen LogP contribution is 2.39. The van der Waals surface area contributed by atoms with E-state index in [9.17, 15) is 129 Å². The number of likely N-dealkylation sites (N-methyl/N-ethyl adjacent to an activating group) is 1. The number of nitrogens with one attached hydrogen (secondary N) is 11. The molecule has 610 valence electrons. The van der Waals surface area contributed by atoms with Gasteiger partial charge in [0, 0.05) is 52.2 Å². The van der Waals surface area contributed by atoms with Gasteiger partial charge < -0.3 is 164 Å². The summed E-state index contributed by atoms with van der Waals surface area (Å²) in [6.45, 7) is 3.05. The zero-order valence-electron chi connectivity index (χ0n) is 60.0. The van der Waals surface area contributed by atoms with E-state index >= 15 is 0 Å². The number of carboxylic acid groups (broad SMARTS) is 2. The number of carbonyl (C=O) groups excluding carboxylic acids is 11. The first-order valence-electron chi connectivity index (χ1n) is 34.2. The van der Waals surface area contributed by atoms with Crippen LogP contribution in [0.4, 0.5) is 0 Å². The largest absolute Gasteiger partial charge is 0.481 e. The van der Waals surface area contributed by atoms with Gasteiger partial charge in [0.25, 0.3) is 5.79 Å². The number of aliphatic carboxylic acids is 2. The Hall–Kier alpha value is -8.40. The van der Waals surface area contributed by atoms with Crippen LogP contribution in [0.3, 0.4) is 0 Å². The fraction of sp³-hybridized carbons (Fsp3) is 0.742. The van der Waals surface area contributed by atoms with Crippen LogP contribution in [-0.2, 0) is 97.2 Å². The van der Waals surface area contributed by atoms with Crippen LogP contribution in [0, 0.1) is 5.92 Å². The summed E-state index contributed by atoms with van der Waals surface area (Å²) in [6.07, 6.45) is -30.7. The van der Waals surface area contributed by atoms with E-state index in [2.05, 4.69) is 63.1 Å². The molecule has 46 heteroatoms. The van der Waals surface area contributed by atoms with Crippen molar-refractivity contribution in [3.05, 3.63) is 18.2 Å². The van der Waals surface area contributed by atoms with E-state index in [1.54, 1.807) is 0 Å². The van der Waals surface area contributed by atoms with E-state index in [0.717, 1.165) is 46.6 Å². The standard InChI is InChI=1S/C62H100N14O32/c1-22(2)39(73-37(86)16-66-51(93)29(63)12-28-15-65-21-67-28)56(98)74-40(24(4)81)57(99)72-31(17-77)53(95)68-23(3)58(100)76-11-9-10-32(76)54(96)71-30(13-38(87)88)52(94)75-41(55(97)64-8)25(5)103-59-43(70-27(7)83)48(45(90)35(19-79)104-59)106-60-47(92)50(46(91)36(20-80)105-60)108-62(61(101)102)14-33(84)42(69-26(6)82)49(107-62)44(89)34(85)18-78/h15,21-25,29-36,39-50,59-60,77-81,84-85,89-92H,9-14,16-20,63H2,1-8H3,(H,64,97)(H,65,67)(H,66,93)(H,68,95)(H,69,82)(H,70,83)(H,71,96)(H,72,99)(H,73,86)(H,74,98)(H,75,94)(H,87,88)(H,101,102)/t23-,24?,25?,29-,30-,31-,32-,33+,34+,35?,36?,39-,40-,41-,42+,43?,44+,45-,46-,47-,48+,49?,50?,59-,60-,62-/m0/s1. The lowest BCUT2D eigenvalue weighted by molar-refractivity contribution is -0.382. The van der Waals surface area contributed by atoms with Crippen molar-refractivity contribution in [3.63, 3.8) is 0 Å². The van der Waals surface area contributed by atoms with E-state index in [0.29, 0.717) is 5.69 Å². The summed E-state index contributed by atoms with van der Waals surface area (Å²) in [6, 6.07) is -16.7. The van der Waals surface area contributed by atoms with Gasteiger partial charge in [-0.1, -0.05) is 13.8 Å². The number of aliphatic hydroxyl groups excluding tert-OH is 11. The lowest BCUT2D eigenvalue weighted by Crippen LogP contribution is -2.71.